The molecule has 0 aliphatic rings. The Morgan fingerprint density at radius 3 is 2.15 bits per heavy atom. The molecular formula is C13H18. The third-order valence-electron chi connectivity index (χ3n) is 2.38. The van der Waals surface area contributed by atoms with Gasteiger partial charge in [-0.1, -0.05) is 51.6 Å². The standard InChI is InChI=1S/C13H18/c1-10-8-6-7-9-12(10)11(2)13(3,4)5/h6-9H,2H2,1,3-5H3. The van der Waals surface area contributed by atoms with Gasteiger partial charge in [0.05, 0.1) is 0 Å². The van der Waals surface area contributed by atoms with Crippen LogP contribution in [0.3, 0.4) is 0 Å². The molecule has 1 aromatic rings. The predicted octanol–water partition coefficient (Wildman–Crippen LogP) is 4.05. The molecule has 70 valence electrons. The monoisotopic (exact) mass is 174 g/mol. The van der Waals surface area contributed by atoms with Crippen molar-refractivity contribution in [3.63, 3.8) is 0 Å². The van der Waals surface area contributed by atoms with Crippen molar-refractivity contribution in [3.05, 3.63) is 42.0 Å². The van der Waals surface area contributed by atoms with Gasteiger partial charge >= 0.3 is 0 Å². The van der Waals surface area contributed by atoms with Crippen molar-refractivity contribution in [1.29, 1.82) is 0 Å². The summed E-state index contributed by atoms with van der Waals surface area (Å²) in [5, 5.41) is 0. The molecule has 0 amide bonds. The predicted molar refractivity (Wildman–Crippen MR) is 59.7 cm³/mol. The fraction of sp³-hybridized carbons (Fsp3) is 0.385. The van der Waals surface area contributed by atoms with E-state index in [0.29, 0.717) is 0 Å². The highest BCUT2D eigenvalue weighted by atomic mass is 14.2. The molecule has 0 bridgehead atoms. The van der Waals surface area contributed by atoms with Crippen LogP contribution in [0.4, 0.5) is 0 Å². The van der Waals surface area contributed by atoms with E-state index in [1.165, 1.54) is 16.7 Å². The smallest absolute Gasteiger partial charge is 0.0132 e. The zero-order valence-electron chi connectivity index (χ0n) is 9.02. The van der Waals surface area contributed by atoms with Crippen LogP contribution in [0.2, 0.25) is 0 Å². The molecule has 0 saturated heterocycles. The molecule has 13 heavy (non-hydrogen) atoms. The van der Waals surface area contributed by atoms with Crippen molar-refractivity contribution in [2.24, 2.45) is 5.41 Å². The van der Waals surface area contributed by atoms with Crippen molar-refractivity contribution in [2.75, 3.05) is 0 Å². The molecule has 0 aliphatic carbocycles. The van der Waals surface area contributed by atoms with Gasteiger partial charge in [-0.2, -0.15) is 0 Å². The minimum Gasteiger partial charge on any atom is -0.0947 e. The van der Waals surface area contributed by atoms with E-state index >= 15 is 0 Å². The molecule has 0 unspecified atom stereocenters. The average molecular weight is 174 g/mol. The Hall–Kier alpha value is -1.04. The molecular weight excluding hydrogens is 156 g/mol. The summed E-state index contributed by atoms with van der Waals surface area (Å²) in [4.78, 5) is 0. The van der Waals surface area contributed by atoms with Crippen LogP contribution < -0.4 is 0 Å². The molecule has 0 aromatic heterocycles. The van der Waals surface area contributed by atoms with E-state index in [9.17, 15) is 0 Å². The first-order valence-corrected chi connectivity index (χ1v) is 4.68. The van der Waals surface area contributed by atoms with Gasteiger partial charge in [0, 0.05) is 0 Å². The Labute approximate surface area is 81.3 Å². The van der Waals surface area contributed by atoms with Crippen LogP contribution in [-0.2, 0) is 0 Å². The van der Waals surface area contributed by atoms with Gasteiger partial charge < -0.3 is 0 Å². The first-order valence-electron chi connectivity index (χ1n) is 4.68. The zero-order chi connectivity index (χ0) is 10.1. The summed E-state index contributed by atoms with van der Waals surface area (Å²) in [7, 11) is 0. The number of hydrogen-bond donors (Lipinski definition) is 0. The van der Waals surface area contributed by atoms with Gasteiger partial charge in [-0.15, -0.1) is 0 Å². The zero-order valence-corrected chi connectivity index (χ0v) is 9.02. The molecule has 0 spiro atoms. The molecule has 0 heterocycles. The fourth-order valence-corrected chi connectivity index (χ4v) is 1.32. The Morgan fingerprint density at radius 1 is 1.15 bits per heavy atom. The number of hydrogen-bond acceptors (Lipinski definition) is 0. The Kier molecular flexibility index (Phi) is 2.60. The van der Waals surface area contributed by atoms with E-state index in [2.05, 4.69) is 58.5 Å². The number of allylic oxidation sites excluding steroid dienone is 1. The largest absolute Gasteiger partial charge is 0.0947 e. The van der Waals surface area contributed by atoms with Crippen LogP contribution in [0.15, 0.2) is 30.8 Å². The fourth-order valence-electron chi connectivity index (χ4n) is 1.32. The second-order valence-electron chi connectivity index (χ2n) is 4.54. The third-order valence-corrected chi connectivity index (χ3v) is 2.38. The van der Waals surface area contributed by atoms with E-state index in [-0.39, 0.29) is 5.41 Å². The summed E-state index contributed by atoms with van der Waals surface area (Å²) in [6.45, 7) is 12.9. The van der Waals surface area contributed by atoms with Crippen LogP contribution in [0.1, 0.15) is 31.9 Å². The van der Waals surface area contributed by atoms with Gasteiger partial charge in [0.2, 0.25) is 0 Å². The minimum absolute atomic E-state index is 0.159. The Balaban J connectivity index is 3.10. The average Bonchev–Trinajstić information content (AvgIpc) is 2.02. The van der Waals surface area contributed by atoms with Gasteiger partial charge in [-0.05, 0) is 29.0 Å². The molecule has 1 aromatic carbocycles. The Bertz CT molecular complexity index is 313. The maximum atomic E-state index is 4.16. The van der Waals surface area contributed by atoms with Gasteiger partial charge in [0.15, 0.2) is 0 Å². The van der Waals surface area contributed by atoms with Crippen molar-refractivity contribution < 1.29 is 0 Å². The number of rotatable bonds is 1. The number of aryl methyl sites for hydroxylation is 1. The van der Waals surface area contributed by atoms with Crippen LogP contribution in [0.25, 0.3) is 5.57 Å². The molecule has 0 fully saturated rings. The van der Waals surface area contributed by atoms with Crippen LogP contribution in [0.5, 0.6) is 0 Å². The molecule has 0 heteroatoms. The van der Waals surface area contributed by atoms with Crippen molar-refractivity contribution in [1.82, 2.24) is 0 Å². The highest BCUT2D eigenvalue weighted by Crippen LogP contribution is 2.33. The summed E-state index contributed by atoms with van der Waals surface area (Å²) >= 11 is 0. The van der Waals surface area contributed by atoms with Gasteiger partial charge in [-0.3, -0.25) is 0 Å². The lowest BCUT2D eigenvalue weighted by atomic mass is 9.82. The maximum absolute atomic E-state index is 4.16. The molecule has 0 radical (unpaired) electrons. The van der Waals surface area contributed by atoms with Crippen molar-refractivity contribution in [3.8, 4) is 0 Å². The second kappa shape index (κ2) is 3.37. The lowest BCUT2D eigenvalue weighted by molar-refractivity contribution is 0.567. The van der Waals surface area contributed by atoms with E-state index in [0.717, 1.165) is 0 Å². The quantitative estimate of drug-likeness (QED) is 0.602. The Morgan fingerprint density at radius 2 is 1.69 bits per heavy atom. The summed E-state index contributed by atoms with van der Waals surface area (Å²) in [5.41, 5.74) is 3.97. The van der Waals surface area contributed by atoms with Crippen LogP contribution in [0, 0.1) is 12.3 Å². The van der Waals surface area contributed by atoms with Gasteiger partial charge in [0.25, 0.3) is 0 Å². The van der Waals surface area contributed by atoms with E-state index < -0.39 is 0 Å². The SMILES string of the molecule is C=C(c1ccccc1C)C(C)(C)C. The van der Waals surface area contributed by atoms with Gasteiger partial charge in [0.1, 0.15) is 0 Å². The summed E-state index contributed by atoms with van der Waals surface area (Å²) in [5.74, 6) is 0. The second-order valence-corrected chi connectivity index (χ2v) is 4.54. The lowest BCUT2D eigenvalue weighted by Gasteiger charge is -2.23. The molecule has 0 nitrogen and oxygen atoms in total. The molecule has 1 rings (SSSR count). The highest BCUT2D eigenvalue weighted by Gasteiger charge is 2.17. The normalized spacial score (nSPS) is 11.4. The van der Waals surface area contributed by atoms with Gasteiger partial charge in [-0.25, -0.2) is 0 Å². The summed E-state index contributed by atoms with van der Waals surface area (Å²) < 4.78 is 0. The van der Waals surface area contributed by atoms with E-state index in [4.69, 9.17) is 0 Å². The van der Waals surface area contributed by atoms with Crippen LogP contribution >= 0.6 is 0 Å². The minimum atomic E-state index is 0.159. The lowest BCUT2D eigenvalue weighted by Crippen LogP contribution is -2.08. The van der Waals surface area contributed by atoms with Crippen molar-refractivity contribution >= 4 is 5.57 Å². The molecule has 0 N–H and O–H groups in total. The van der Waals surface area contributed by atoms with Crippen LogP contribution in [-0.4, -0.2) is 0 Å². The highest BCUT2D eigenvalue weighted by molar-refractivity contribution is 5.69. The first kappa shape index (κ1) is 10.0. The molecule has 0 aliphatic heterocycles. The number of benzene rings is 1. The van der Waals surface area contributed by atoms with E-state index in [1.807, 2.05) is 0 Å². The topological polar surface area (TPSA) is 0 Å². The first-order chi connectivity index (χ1) is 5.93. The molecule has 0 atom stereocenters. The maximum Gasteiger partial charge on any atom is -0.0132 e. The molecule has 0 saturated carbocycles. The van der Waals surface area contributed by atoms with Crippen molar-refractivity contribution in [2.45, 2.75) is 27.7 Å². The van der Waals surface area contributed by atoms with E-state index in [1.54, 1.807) is 0 Å². The summed E-state index contributed by atoms with van der Waals surface area (Å²) in [6, 6.07) is 8.41. The third kappa shape index (κ3) is 2.21. The summed E-state index contributed by atoms with van der Waals surface area (Å²) in [6.07, 6.45) is 0.